The van der Waals surface area contributed by atoms with Gasteiger partial charge in [-0.05, 0) is 18.1 Å². The summed E-state index contributed by atoms with van der Waals surface area (Å²) in [5.74, 6) is -4.14. The van der Waals surface area contributed by atoms with Gasteiger partial charge < -0.3 is 15.2 Å². The van der Waals surface area contributed by atoms with Gasteiger partial charge in [-0.3, -0.25) is 4.79 Å². The predicted octanol–water partition coefficient (Wildman–Crippen LogP) is 1.57. The van der Waals surface area contributed by atoms with E-state index >= 15 is 0 Å². The highest BCUT2D eigenvalue weighted by atomic mass is 19.1. The Bertz CT molecular complexity index is 505. The van der Waals surface area contributed by atoms with Gasteiger partial charge in [0, 0.05) is 6.07 Å². The van der Waals surface area contributed by atoms with Crippen molar-refractivity contribution in [3.63, 3.8) is 0 Å². The number of carbonyl (C=O) groups excluding carboxylic acids is 1. The Kier molecular flexibility index (Phi) is 5.42. The molecule has 0 bridgehead atoms. The summed E-state index contributed by atoms with van der Waals surface area (Å²) in [6.07, 6.45) is 0. The van der Waals surface area contributed by atoms with Crippen LogP contribution in [0.3, 0.4) is 0 Å². The monoisotopic (exact) mass is 287 g/mol. The number of carboxylic acids is 1. The molecule has 2 N–H and O–H groups in total. The van der Waals surface area contributed by atoms with Crippen LogP contribution >= 0.6 is 0 Å². The molecule has 1 amide bonds. The van der Waals surface area contributed by atoms with Crippen molar-refractivity contribution in [1.82, 2.24) is 5.32 Å². The first-order valence-corrected chi connectivity index (χ1v) is 5.91. The molecule has 0 aliphatic heterocycles. The lowest BCUT2D eigenvalue weighted by Gasteiger charge is -2.18. The highest BCUT2D eigenvalue weighted by Crippen LogP contribution is 2.17. The molecule has 0 aromatic heterocycles. The third kappa shape index (κ3) is 4.49. The van der Waals surface area contributed by atoms with Crippen molar-refractivity contribution in [2.24, 2.45) is 5.92 Å². The molecule has 7 heteroatoms. The van der Waals surface area contributed by atoms with Crippen LogP contribution < -0.4 is 10.1 Å². The first kappa shape index (κ1) is 15.9. The van der Waals surface area contributed by atoms with Crippen LogP contribution in [0.5, 0.6) is 5.75 Å². The van der Waals surface area contributed by atoms with E-state index in [-0.39, 0.29) is 11.7 Å². The van der Waals surface area contributed by atoms with E-state index in [2.05, 4.69) is 5.32 Å². The summed E-state index contributed by atoms with van der Waals surface area (Å²) in [6.45, 7) is 2.72. The highest BCUT2D eigenvalue weighted by molar-refractivity contribution is 5.84. The maximum Gasteiger partial charge on any atom is 0.326 e. The Hall–Kier alpha value is -2.18. The summed E-state index contributed by atoms with van der Waals surface area (Å²) < 4.78 is 30.8. The Morgan fingerprint density at radius 1 is 1.35 bits per heavy atom. The molecule has 110 valence electrons. The van der Waals surface area contributed by atoms with Gasteiger partial charge in [0.05, 0.1) is 0 Å². The van der Waals surface area contributed by atoms with Gasteiger partial charge in [-0.2, -0.15) is 0 Å². The van der Waals surface area contributed by atoms with Crippen LogP contribution in [0.15, 0.2) is 18.2 Å². The zero-order valence-corrected chi connectivity index (χ0v) is 11.0. The molecule has 0 aliphatic carbocycles. The van der Waals surface area contributed by atoms with Crippen LogP contribution in [0, 0.1) is 17.6 Å². The smallest absolute Gasteiger partial charge is 0.326 e. The molecule has 1 atom stereocenters. The lowest BCUT2D eigenvalue weighted by molar-refractivity contribution is -0.143. The van der Waals surface area contributed by atoms with Gasteiger partial charge in [0.25, 0.3) is 5.91 Å². The van der Waals surface area contributed by atoms with Crippen LogP contribution in [0.1, 0.15) is 13.8 Å². The van der Waals surface area contributed by atoms with Gasteiger partial charge in [-0.1, -0.05) is 13.8 Å². The van der Waals surface area contributed by atoms with Crippen molar-refractivity contribution in [1.29, 1.82) is 0 Å². The number of amides is 1. The van der Waals surface area contributed by atoms with Gasteiger partial charge in [0.2, 0.25) is 0 Å². The fraction of sp³-hybridized carbons (Fsp3) is 0.385. The van der Waals surface area contributed by atoms with Gasteiger partial charge in [0.1, 0.15) is 11.9 Å². The van der Waals surface area contributed by atoms with Crippen molar-refractivity contribution < 1.29 is 28.2 Å². The number of halogens is 2. The molecule has 1 aromatic carbocycles. The number of nitrogens with one attached hydrogen (secondary N) is 1. The highest BCUT2D eigenvalue weighted by Gasteiger charge is 2.23. The second kappa shape index (κ2) is 6.83. The molecule has 0 unspecified atom stereocenters. The van der Waals surface area contributed by atoms with E-state index in [1.54, 1.807) is 13.8 Å². The van der Waals surface area contributed by atoms with Gasteiger partial charge in [-0.15, -0.1) is 0 Å². The molecule has 1 rings (SSSR count). The summed E-state index contributed by atoms with van der Waals surface area (Å²) in [7, 11) is 0. The maximum absolute atomic E-state index is 13.2. The normalized spacial score (nSPS) is 12.1. The summed E-state index contributed by atoms with van der Waals surface area (Å²) in [4.78, 5) is 22.4. The summed E-state index contributed by atoms with van der Waals surface area (Å²) in [5, 5.41) is 11.2. The van der Waals surface area contributed by atoms with Crippen LogP contribution in [-0.4, -0.2) is 29.6 Å². The topological polar surface area (TPSA) is 75.6 Å². The van der Waals surface area contributed by atoms with E-state index < -0.39 is 36.2 Å². The fourth-order valence-corrected chi connectivity index (χ4v) is 1.46. The SMILES string of the molecule is CC(C)[C@@H](NC(=O)COc1ccc(F)cc1F)C(=O)O. The first-order valence-electron chi connectivity index (χ1n) is 5.91. The lowest BCUT2D eigenvalue weighted by Crippen LogP contribution is -2.46. The zero-order valence-electron chi connectivity index (χ0n) is 11.0. The average molecular weight is 287 g/mol. The van der Waals surface area contributed by atoms with Crippen molar-refractivity contribution in [3.05, 3.63) is 29.8 Å². The van der Waals surface area contributed by atoms with Crippen molar-refractivity contribution in [2.45, 2.75) is 19.9 Å². The number of carboxylic acid groups (broad SMARTS) is 1. The molecule has 0 heterocycles. The molecule has 1 aromatic rings. The van der Waals surface area contributed by atoms with Crippen molar-refractivity contribution in [2.75, 3.05) is 6.61 Å². The van der Waals surface area contributed by atoms with E-state index in [0.29, 0.717) is 6.07 Å². The standard InChI is InChI=1S/C13H15F2NO4/c1-7(2)12(13(18)19)16-11(17)6-20-10-4-3-8(14)5-9(10)15/h3-5,7,12H,6H2,1-2H3,(H,16,17)(H,18,19)/t12-/m1/s1. The molecule has 0 spiro atoms. The Labute approximate surface area is 114 Å². The van der Waals surface area contributed by atoms with Gasteiger partial charge in [0.15, 0.2) is 18.2 Å². The molecule has 5 nitrogen and oxygen atoms in total. The lowest BCUT2D eigenvalue weighted by atomic mass is 10.1. The quantitative estimate of drug-likeness (QED) is 0.832. The van der Waals surface area contributed by atoms with E-state index in [1.807, 2.05) is 0 Å². The number of ether oxygens (including phenoxy) is 1. The Morgan fingerprint density at radius 3 is 2.50 bits per heavy atom. The van der Waals surface area contributed by atoms with Crippen LogP contribution in [0.2, 0.25) is 0 Å². The summed E-state index contributed by atoms with van der Waals surface area (Å²) in [6, 6.07) is 1.62. The van der Waals surface area contributed by atoms with Crippen LogP contribution in [0.25, 0.3) is 0 Å². The first-order chi connectivity index (χ1) is 9.31. The molecular formula is C13H15F2NO4. The van der Waals surface area contributed by atoms with E-state index in [9.17, 15) is 18.4 Å². The summed E-state index contributed by atoms with van der Waals surface area (Å²) in [5.41, 5.74) is 0. The number of hydrogen-bond acceptors (Lipinski definition) is 3. The fourth-order valence-electron chi connectivity index (χ4n) is 1.46. The van der Waals surface area contributed by atoms with Crippen LogP contribution in [0.4, 0.5) is 8.78 Å². The number of hydrogen-bond donors (Lipinski definition) is 2. The minimum absolute atomic E-state index is 0.280. The third-order valence-corrected chi connectivity index (χ3v) is 2.50. The second-order valence-corrected chi connectivity index (χ2v) is 4.49. The Morgan fingerprint density at radius 2 is 2.00 bits per heavy atom. The number of rotatable bonds is 6. The van der Waals surface area contributed by atoms with Crippen molar-refractivity contribution >= 4 is 11.9 Å². The third-order valence-electron chi connectivity index (χ3n) is 2.50. The summed E-state index contributed by atoms with van der Waals surface area (Å²) >= 11 is 0. The Balaban J connectivity index is 2.57. The largest absolute Gasteiger partial charge is 0.481 e. The molecule has 20 heavy (non-hydrogen) atoms. The minimum Gasteiger partial charge on any atom is -0.481 e. The van der Waals surface area contributed by atoms with Gasteiger partial charge in [-0.25, -0.2) is 13.6 Å². The molecule has 0 radical (unpaired) electrons. The molecule has 0 aliphatic rings. The van der Waals surface area contributed by atoms with Crippen molar-refractivity contribution in [3.8, 4) is 5.75 Å². The number of aliphatic carboxylic acids is 1. The molecular weight excluding hydrogens is 272 g/mol. The maximum atomic E-state index is 13.2. The van der Waals surface area contributed by atoms with E-state index in [0.717, 1.165) is 12.1 Å². The van der Waals surface area contributed by atoms with Gasteiger partial charge >= 0.3 is 5.97 Å². The number of benzene rings is 1. The number of carbonyl (C=O) groups is 2. The average Bonchev–Trinajstić information content (AvgIpc) is 2.34. The minimum atomic E-state index is -1.17. The van der Waals surface area contributed by atoms with E-state index in [1.165, 1.54) is 0 Å². The van der Waals surface area contributed by atoms with Crippen LogP contribution in [-0.2, 0) is 9.59 Å². The molecule has 0 saturated carbocycles. The second-order valence-electron chi connectivity index (χ2n) is 4.49. The molecule has 0 fully saturated rings. The molecule has 0 saturated heterocycles. The predicted molar refractivity (Wildman–Crippen MR) is 66.3 cm³/mol. The zero-order chi connectivity index (χ0) is 15.3. The van der Waals surface area contributed by atoms with E-state index in [4.69, 9.17) is 9.84 Å².